The topological polar surface area (TPSA) is 42.3 Å². The van der Waals surface area contributed by atoms with Crippen LogP contribution in [0.5, 0.6) is 0 Å². The first-order valence-corrected chi connectivity index (χ1v) is 6.19. The molecule has 0 radical (unpaired) electrons. The van der Waals surface area contributed by atoms with Crippen molar-refractivity contribution in [2.75, 3.05) is 7.05 Å². The summed E-state index contributed by atoms with van der Waals surface area (Å²) in [7, 11) is 1.48. The van der Waals surface area contributed by atoms with Gasteiger partial charge in [-0.2, -0.15) is 0 Å². The molecular weight excluding hydrogens is 296 g/mol. The second-order valence-corrected chi connectivity index (χ2v) is 4.87. The Morgan fingerprint density at radius 1 is 1.06 bits per heavy atom. The number of amides is 2. The van der Waals surface area contributed by atoms with Crippen LogP contribution in [-0.2, 0) is 9.59 Å². The lowest BCUT2D eigenvalue weighted by molar-refractivity contribution is -0.135. The molecule has 0 spiro atoms. The molecule has 5 heteroatoms. The van der Waals surface area contributed by atoms with Gasteiger partial charge in [-0.05, 0) is 33.4 Å². The minimum absolute atomic E-state index is 0.298. The van der Waals surface area contributed by atoms with E-state index in [2.05, 4.69) is 15.9 Å². The van der Waals surface area contributed by atoms with Gasteiger partial charge in [-0.25, -0.2) is 0 Å². The second kappa shape index (κ2) is 3.81. The van der Waals surface area contributed by atoms with Gasteiger partial charge >= 0.3 is 0 Å². The number of carbonyl (C=O) groups excluding carboxylic acids is 2. The van der Waals surface area contributed by atoms with Crippen molar-refractivity contribution < 1.29 is 9.59 Å². The Bertz CT molecular complexity index is 715. The van der Waals surface area contributed by atoms with Gasteiger partial charge in [-0.1, -0.05) is 18.2 Å². The molecule has 2 heterocycles. The zero-order valence-corrected chi connectivity index (χ0v) is 11.1. The summed E-state index contributed by atoms with van der Waals surface area (Å²) >= 11 is 3.20. The number of benzene rings is 1. The lowest BCUT2D eigenvalue weighted by Crippen LogP contribution is -2.27. The Hall–Kier alpha value is -1.88. The van der Waals surface area contributed by atoms with Gasteiger partial charge in [-0.3, -0.25) is 14.5 Å². The van der Waals surface area contributed by atoms with Crippen LogP contribution < -0.4 is 0 Å². The van der Waals surface area contributed by atoms with E-state index in [-0.39, 0.29) is 11.8 Å². The Kier molecular flexibility index (Phi) is 2.38. The van der Waals surface area contributed by atoms with Gasteiger partial charge in [-0.15, -0.1) is 0 Å². The van der Waals surface area contributed by atoms with Crippen LogP contribution in [-0.4, -0.2) is 28.3 Å². The molecule has 0 saturated carbocycles. The monoisotopic (exact) mass is 304 g/mol. The lowest BCUT2D eigenvalue weighted by atomic mass is 10.2. The predicted octanol–water partition coefficient (Wildman–Crippen LogP) is 2.20. The summed E-state index contributed by atoms with van der Waals surface area (Å²) in [6.07, 6.45) is 1.80. The molecule has 0 fully saturated rings. The first kappa shape index (κ1) is 11.2. The zero-order valence-electron chi connectivity index (χ0n) is 9.55. The van der Waals surface area contributed by atoms with Gasteiger partial charge in [0.05, 0.1) is 5.52 Å². The van der Waals surface area contributed by atoms with Crippen molar-refractivity contribution in [3.63, 3.8) is 0 Å². The second-order valence-electron chi connectivity index (χ2n) is 4.08. The molecule has 0 saturated heterocycles. The molecule has 1 aromatic carbocycles. The van der Waals surface area contributed by atoms with E-state index in [1.165, 1.54) is 7.05 Å². The van der Waals surface area contributed by atoms with E-state index in [0.29, 0.717) is 10.2 Å². The Morgan fingerprint density at radius 3 is 2.44 bits per heavy atom. The fourth-order valence-electron chi connectivity index (χ4n) is 2.08. The van der Waals surface area contributed by atoms with Gasteiger partial charge in [0, 0.05) is 13.2 Å². The van der Waals surface area contributed by atoms with E-state index in [1.807, 2.05) is 30.3 Å². The maximum atomic E-state index is 12.1. The molecule has 1 aliphatic rings. The summed E-state index contributed by atoms with van der Waals surface area (Å²) in [6, 6.07) is 9.63. The average Bonchev–Trinajstić information content (AvgIpc) is 2.87. The Balaban J connectivity index is 2.28. The van der Waals surface area contributed by atoms with Gasteiger partial charge in [0.25, 0.3) is 11.8 Å². The zero-order chi connectivity index (χ0) is 12.9. The molecule has 90 valence electrons. The molecule has 1 aliphatic heterocycles. The number of halogens is 1. The van der Waals surface area contributed by atoms with E-state index in [0.717, 1.165) is 15.8 Å². The summed E-state index contributed by atoms with van der Waals surface area (Å²) < 4.78 is 2.04. The van der Waals surface area contributed by atoms with Crippen molar-refractivity contribution >= 4 is 44.3 Å². The molecule has 0 aliphatic carbocycles. The molecule has 3 rings (SSSR count). The molecular formula is C13H9BrN2O2. The van der Waals surface area contributed by atoms with Gasteiger partial charge < -0.3 is 4.57 Å². The van der Waals surface area contributed by atoms with Crippen LogP contribution >= 0.6 is 15.9 Å². The van der Waals surface area contributed by atoms with Crippen LogP contribution in [0.3, 0.4) is 0 Å². The third-order valence-corrected chi connectivity index (χ3v) is 3.76. The number of rotatable bonds is 1. The minimum atomic E-state index is -0.312. The van der Waals surface area contributed by atoms with Crippen LogP contribution in [0.2, 0.25) is 0 Å². The quantitative estimate of drug-likeness (QED) is 0.758. The maximum Gasteiger partial charge on any atom is 0.278 e. The molecule has 0 bridgehead atoms. The van der Waals surface area contributed by atoms with Crippen LogP contribution in [0.1, 0.15) is 0 Å². The highest BCUT2D eigenvalue weighted by Gasteiger charge is 2.35. The standard InChI is InChI=1S/C13H9BrN2O2/c1-15-12(17)10(14)11(13(15)18)16-7-6-8-4-2-3-5-9(8)16/h2-7H,1H3. The molecule has 4 nitrogen and oxygen atoms in total. The Morgan fingerprint density at radius 2 is 1.78 bits per heavy atom. The van der Waals surface area contributed by atoms with E-state index >= 15 is 0 Å². The van der Waals surface area contributed by atoms with E-state index in [1.54, 1.807) is 10.8 Å². The number of para-hydroxylation sites is 1. The van der Waals surface area contributed by atoms with E-state index < -0.39 is 0 Å². The molecule has 2 amide bonds. The molecule has 18 heavy (non-hydrogen) atoms. The largest absolute Gasteiger partial charge is 0.311 e. The lowest BCUT2D eigenvalue weighted by Gasteiger charge is -2.08. The van der Waals surface area contributed by atoms with Crippen molar-refractivity contribution in [2.45, 2.75) is 0 Å². The predicted molar refractivity (Wildman–Crippen MR) is 71.9 cm³/mol. The molecule has 0 atom stereocenters. The number of carbonyl (C=O) groups is 2. The highest BCUT2D eigenvalue weighted by molar-refractivity contribution is 9.12. The van der Waals surface area contributed by atoms with Gasteiger partial charge in [0.15, 0.2) is 0 Å². The first-order valence-electron chi connectivity index (χ1n) is 5.40. The third-order valence-electron chi connectivity index (χ3n) is 3.05. The van der Waals surface area contributed by atoms with E-state index in [9.17, 15) is 9.59 Å². The number of nitrogens with zero attached hydrogens (tertiary/aromatic N) is 2. The summed E-state index contributed by atoms with van der Waals surface area (Å²) in [4.78, 5) is 24.9. The molecule has 2 aromatic rings. The SMILES string of the molecule is CN1C(=O)C(Br)=C(n2ccc3ccccc32)C1=O. The number of likely N-dealkylation sites (N-methyl/N-ethyl adjacent to an activating group) is 1. The smallest absolute Gasteiger partial charge is 0.278 e. The average molecular weight is 305 g/mol. The summed E-state index contributed by atoms with van der Waals surface area (Å²) in [5.41, 5.74) is 1.27. The van der Waals surface area contributed by atoms with Crippen LogP contribution in [0.15, 0.2) is 41.0 Å². The maximum absolute atomic E-state index is 12.1. The van der Waals surface area contributed by atoms with Crippen LogP contribution in [0.4, 0.5) is 0 Å². The highest BCUT2D eigenvalue weighted by Crippen LogP contribution is 2.30. The number of fused-ring (bicyclic) bond motifs is 1. The number of imide groups is 1. The highest BCUT2D eigenvalue weighted by atomic mass is 79.9. The summed E-state index contributed by atoms with van der Waals surface area (Å²) in [5, 5.41) is 1.03. The van der Waals surface area contributed by atoms with Crippen molar-refractivity contribution in [2.24, 2.45) is 0 Å². The van der Waals surface area contributed by atoms with Crippen LogP contribution in [0, 0.1) is 0 Å². The number of hydrogen-bond donors (Lipinski definition) is 0. The van der Waals surface area contributed by atoms with Crippen molar-refractivity contribution in [3.8, 4) is 0 Å². The Labute approximate surface area is 112 Å². The number of hydrogen-bond acceptors (Lipinski definition) is 2. The number of aromatic nitrogens is 1. The third kappa shape index (κ3) is 1.37. The van der Waals surface area contributed by atoms with Crippen molar-refractivity contribution in [3.05, 3.63) is 41.0 Å². The minimum Gasteiger partial charge on any atom is -0.311 e. The summed E-state index contributed by atoms with van der Waals surface area (Å²) in [5.74, 6) is -0.610. The first-order chi connectivity index (χ1) is 8.61. The molecule has 0 N–H and O–H groups in total. The summed E-state index contributed by atoms with van der Waals surface area (Å²) in [6.45, 7) is 0. The normalized spacial score (nSPS) is 16.2. The molecule has 1 aromatic heterocycles. The van der Waals surface area contributed by atoms with Crippen molar-refractivity contribution in [1.29, 1.82) is 0 Å². The fraction of sp³-hybridized carbons (Fsp3) is 0.0769. The van der Waals surface area contributed by atoms with Gasteiger partial charge in [0.2, 0.25) is 0 Å². The van der Waals surface area contributed by atoms with Crippen LogP contribution in [0.25, 0.3) is 16.6 Å². The molecule has 0 unspecified atom stereocenters. The fourth-order valence-corrected chi connectivity index (χ4v) is 2.71. The van der Waals surface area contributed by atoms with Gasteiger partial charge in [0.1, 0.15) is 10.2 Å². The van der Waals surface area contributed by atoms with Crippen molar-refractivity contribution in [1.82, 2.24) is 9.47 Å². The van der Waals surface area contributed by atoms with E-state index in [4.69, 9.17) is 0 Å².